The number of hydrogen-bond donors (Lipinski definition) is 3. The Balaban J connectivity index is 1.46. The van der Waals surface area contributed by atoms with E-state index < -0.39 is 41.1 Å². The van der Waals surface area contributed by atoms with Gasteiger partial charge in [0.25, 0.3) is 11.8 Å². The van der Waals surface area contributed by atoms with Gasteiger partial charge in [-0.1, -0.05) is 48.5 Å². The maximum absolute atomic E-state index is 13.3. The second kappa shape index (κ2) is 10.4. The second-order valence-corrected chi connectivity index (χ2v) is 9.86. The molecule has 3 amide bonds. The van der Waals surface area contributed by atoms with Crippen LogP contribution >= 0.6 is 11.8 Å². The molecule has 9 nitrogen and oxygen atoms in total. The standard InChI is InChI=1S/C26H27N3O6S/c1-14-8-7-9-15(2)22(14)35-12-18(30)27-19(17-10-5-4-6-11-17)23(31)28-20-24(32)29-21(26(33)34)16(3)13-36-25(20)29/h4-11,19-20,25H,12-13H2,1-3H3,(H,27,30)(H,28,31)(H,33,34)/t19-,20?,25-/m0/s1. The fourth-order valence-electron chi connectivity index (χ4n) is 4.32. The van der Waals surface area contributed by atoms with Crippen LogP contribution in [0.3, 0.4) is 0 Å². The van der Waals surface area contributed by atoms with Crippen LogP contribution in [-0.4, -0.2) is 57.5 Å². The van der Waals surface area contributed by atoms with E-state index >= 15 is 0 Å². The maximum Gasteiger partial charge on any atom is 0.352 e. The Labute approximate surface area is 212 Å². The molecule has 1 saturated heterocycles. The molecule has 1 fully saturated rings. The summed E-state index contributed by atoms with van der Waals surface area (Å²) in [4.78, 5) is 51.7. The molecule has 0 bridgehead atoms. The van der Waals surface area contributed by atoms with E-state index in [9.17, 15) is 24.3 Å². The second-order valence-electron chi connectivity index (χ2n) is 8.75. The quantitative estimate of drug-likeness (QED) is 0.467. The molecular weight excluding hydrogens is 482 g/mol. The normalized spacial score (nSPS) is 19.6. The van der Waals surface area contributed by atoms with E-state index in [2.05, 4.69) is 10.6 Å². The number of hydrogen-bond acceptors (Lipinski definition) is 6. The predicted octanol–water partition coefficient (Wildman–Crippen LogP) is 2.30. The molecular formula is C26H27N3O6S. The van der Waals surface area contributed by atoms with Crippen molar-refractivity contribution in [3.05, 3.63) is 76.5 Å². The summed E-state index contributed by atoms with van der Waals surface area (Å²) < 4.78 is 5.72. The number of carboxylic acids is 1. The first-order valence-corrected chi connectivity index (χ1v) is 12.4. The lowest BCUT2D eigenvalue weighted by Crippen LogP contribution is -2.71. The molecule has 0 spiro atoms. The number of thioether (sulfide) groups is 1. The number of carbonyl (C=O) groups is 4. The highest BCUT2D eigenvalue weighted by molar-refractivity contribution is 8.00. The van der Waals surface area contributed by atoms with E-state index in [1.54, 1.807) is 37.3 Å². The van der Waals surface area contributed by atoms with E-state index in [1.807, 2.05) is 32.0 Å². The minimum atomic E-state index is -1.17. The van der Waals surface area contributed by atoms with Crippen LogP contribution in [0.5, 0.6) is 5.75 Å². The van der Waals surface area contributed by atoms with Gasteiger partial charge in [-0.3, -0.25) is 19.3 Å². The Kier molecular flexibility index (Phi) is 7.35. The summed E-state index contributed by atoms with van der Waals surface area (Å²) >= 11 is 1.39. The van der Waals surface area contributed by atoms with Gasteiger partial charge >= 0.3 is 5.97 Å². The van der Waals surface area contributed by atoms with Gasteiger partial charge in [0.05, 0.1) is 0 Å². The number of fused-ring (bicyclic) bond motifs is 1. The van der Waals surface area contributed by atoms with Gasteiger partial charge in [-0.2, -0.15) is 0 Å². The first kappa shape index (κ1) is 25.3. The molecule has 2 aromatic carbocycles. The SMILES string of the molecule is CC1=C(C(=O)O)N2C(=O)C(NC(=O)[C@@H](NC(=O)COc3c(C)cccc3C)c3ccccc3)[C@@H]2SC1. The average Bonchev–Trinajstić information content (AvgIpc) is 2.85. The molecule has 0 radical (unpaired) electrons. The van der Waals surface area contributed by atoms with Gasteiger partial charge in [0.1, 0.15) is 28.9 Å². The van der Waals surface area contributed by atoms with E-state index in [0.29, 0.717) is 22.6 Å². The van der Waals surface area contributed by atoms with Crippen molar-refractivity contribution in [1.29, 1.82) is 0 Å². The molecule has 1 unspecified atom stereocenters. The molecule has 2 aromatic rings. The number of amides is 3. The monoisotopic (exact) mass is 509 g/mol. The number of ether oxygens (including phenoxy) is 1. The first-order valence-electron chi connectivity index (χ1n) is 11.4. The Hall–Kier alpha value is -3.79. The molecule has 188 valence electrons. The van der Waals surface area contributed by atoms with Crippen molar-refractivity contribution >= 4 is 35.5 Å². The van der Waals surface area contributed by atoms with Gasteiger partial charge in [0, 0.05) is 5.75 Å². The van der Waals surface area contributed by atoms with Gasteiger partial charge in [0.15, 0.2) is 6.61 Å². The molecule has 2 aliphatic heterocycles. The Morgan fingerprint density at radius 1 is 1.08 bits per heavy atom. The van der Waals surface area contributed by atoms with E-state index in [1.165, 1.54) is 16.7 Å². The summed E-state index contributed by atoms with van der Waals surface area (Å²) in [6.07, 6.45) is 0. The van der Waals surface area contributed by atoms with Crippen molar-refractivity contribution in [1.82, 2.24) is 15.5 Å². The fraction of sp³-hybridized carbons (Fsp3) is 0.308. The first-order chi connectivity index (χ1) is 17.2. The van der Waals surface area contributed by atoms with Gasteiger partial charge in [-0.25, -0.2) is 4.79 Å². The van der Waals surface area contributed by atoms with Crippen molar-refractivity contribution in [2.45, 2.75) is 38.2 Å². The van der Waals surface area contributed by atoms with Crippen LogP contribution < -0.4 is 15.4 Å². The van der Waals surface area contributed by atoms with Crippen molar-refractivity contribution in [3.8, 4) is 5.75 Å². The number of nitrogens with one attached hydrogen (secondary N) is 2. The Morgan fingerprint density at radius 3 is 2.39 bits per heavy atom. The largest absolute Gasteiger partial charge is 0.483 e. The minimum absolute atomic E-state index is 0.0363. The lowest BCUT2D eigenvalue weighted by molar-refractivity contribution is -0.151. The van der Waals surface area contributed by atoms with E-state index in [0.717, 1.165) is 11.1 Å². The molecule has 2 aliphatic rings. The molecule has 10 heteroatoms. The summed E-state index contributed by atoms with van der Waals surface area (Å²) in [5, 5.41) is 14.4. The molecule has 36 heavy (non-hydrogen) atoms. The number of aliphatic carboxylic acids is 1. The minimum Gasteiger partial charge on any atom is -0.483 e. The smallest absolute Gasteiger partial charge is 0.352 e. The van der Waals surface area contributed by atoms with E-state index in [-0.39, 0.29) is 12.3 Å². The third-order valence-corrected chi connectivity index (χ3v) is 7.54. The lowest BCUT2D eigenvalue weighted by Gasteiger charge is -2.49. The molecule has 3 N–H and O–H groups in total. The highest BCUT2D eigenvalue weighted by Crippen LogP contribution is 2.40. The van der Waals surface area contributed by atoms with Crippen LogP contribution in [0.2, 0.25) is 0 Å². The summed E-state index contributed by atoms with van der Waals surface area (Å²) in [6.45, 7) is 5.15. The van der Waals surface area contributed by atoms with Crippen LogP contribution in [0.15, 0.2) is 59.8 Å². The van der Waals surface area contributed by atoms with Crippen molar-refractivity contribution in [2.75, 3.05) is 12.4 Å². The number of β-lactam (4-membered cyclic amide) rings is 1. The number of benzene rings is 2. The molecule has 4 rings (SSSR count). The predicted molar refractivity (Wildman–Crippen MR) is 134 cm³/mol. The molecule has 0 aromatic heterocycles. The van der Waals surface area contributed by atoms with Crippen LogP contribution in [0.25, 0.3) is 0 Å². The summed E-state index contributed by atoms with van der Waals surface area (Å²) in [5.74, 6) is -1.68. The number of carbonyl (C=O) groups excluding carboxylic acids is 3. The topological polar surface area (TPSA) is 125 Å². The zero-order valence-electron chi connectivity index (χ0n) is 20.1. The number of aryl methyl sites for hydroxylation is 2. The number of rotatable bonds is 8. The van der Waals surface area contributed by atoms with Gasteiger partial charge in [0.2, 0.25) is 5.91 Å². The van der Waals surface area contributed by atoms with Crippen molar-refractivity contribution in [3.63, 3.8) is 0 Å². The Morgan fingerprint density at radius 2 is 1.75 bits per heavy atom. The summed E-state index contributed by atoms with van der Waals surface area (Å²) in [6, 6.07) is 12.4. The summed E-state index contributed by atoms with van der Waals surface area (Å²) in [7, 11) is 0. The maximum atomic E-state index is 13.3. The van der Waals surface area contributed by atoms with E-state index in [4.69, 9.17) is 4.74 Å². The third-order valence-electron chi connectivity index (χ3n) is 6.12. The van der Waals surface area contributed by atoms with Crippen molar-refractivity contribution in [2.24, 2.45) is 0 Å². The van der Waals surface area contributed by atoms with Crippen LogP contribution in [-0.2, 0) is 19.2 Å². The number of nitrogens with zero attached hydrogens (tertiary/aromatic N) is 1. The zero-order chi connectivity index (χ0) is 26.0. The highest BCUT2D eigenvalue weighted by atomic mass is 32.2. The lowest BCUT2D eigenvalue weighted by atomic mass is 10.0. The highest BCUT2D eigenvalue weighted by Gasteiger charge is 2.54. The van der Waals surface area contributed by atoms with Crippen LogP contribution in [0.4, 0.5) is 0 Å². The fourth-order valence-corrected chi connectivity index (χ4v) is 5.62. The van der Waals surface area contributed by atoms with Crippen LogP contribution in [0, 0.1) is 13.8 Å². The van der Waals surface area contributed by atoms with Gasteiger partial charge in [-0.15, -0.1) is 11.8 Å². The van der Waals surface area contributed by atoms with Gasteiger partial charge < -0.3 is 20.5 Å². The third kappa shape index (κ3) is 4.94. The summed E-state index contributed by atoms with van der Waals surface area (Å²) in [5.41, 5.74) is 2.88. The van der Waals surface area contributed by atoms with Crippen molar-refractivity contribution < 1.29 is 29.0 Å². The molecule has 0 aliphatic carbocycles. The molecule has 2 heterocycles. The van der Waals surface area contributed by atoms with Gasteiger partial charge in [-0.05, 0) is 43.0 Å². The molecule has 0 saturated carbocycles. The zero-order valence-corrected chi connectivity index (χ0v) is 20.9. The number of para-hydroxylation sites is 1. The number of carboxylic acid groups (broad SMARTS) is 1. The molecule has 3 atom stereocenters. The Bertz CT molecular complexity index is 1230. The van der Waals surface area contributed by atoms with Crippen LogP contribution in [0.1, 0.15) is 29.7 Å². The average molecular weight is 510 g/mol.